The third-order valence-electron chi connectivity index (χ3n) is 2.30. The first-order valence-corrected chi connectivity index (χ1v) is 5.77. The maximum Gasteiger partial charge on any atom is 1.00 e. The van der Waals surface area contributed by atoms with Crippen LogP contribution >= 0.6 is 0 Å². The van der Waals surface area contributed by atoms with Gasteiger partial charge in [-0.05, 0) is 13.5 Å². The molecule has 0 heterocycles. The Hall–Kier alpha value is 0.750. The molecule has 9 heteroatoms. The Balaban J connectivity index is 0. The van der Waals surface area contributed by atoms with Crippen LogP contribution in [0.2, 0.25) is 0 Å². The van der Waals surface area contributed by atoms with Crippen LogP contribution in [0.5, 0.6) is 0 Å². The Kier molecular flexibility index (Phi) is 9.50. The first-order valence-electron chi connectivity index (χ1n) is 4.30. The predicted molar refractivity (Wildman–Crippen MR) is 50.9 cm³/mol. The molecule has 0 aromatic rings. The van der Waals surface area contributed by atoms with Gasteiger partial charge in [-0.3, -0.25) is 0 Å². The molecule has 16 heavy (non-hydrogen) atoms. The van der Waals surface area contributed by atoms with E-state index in [1.165, 1.54) is 7.05 Å². The van der Waals surface area contributed by atoms with Crippen molar-refractivity contribution in [3.8, 4) is 0 Å². The molecule has 1 atom stereocenters. The van der Waals surface area contributed by atoms with E-state index in [0.717, 1.165) is 0 Å². The Morgan fingerprint density at radius 1 is 1.25 bits per heavy atom. The monoisotopic (exact) mass is 265 g/mol. The van der Waals surface area contributed by atoms with E-state index in [1.807, 2.05) is 0 Å². The molecule has 0 rings (SSSR count). The van der Waals surface area contributed by atoms with Gasteiger partial charge >= 0.3 is 29.6 Å². The van der Waals surface area contributed by atoms with Crippen molar-refractivity contribution in [1.82, 2.24) is 5.32 Å². The molecule has 0 aliphatic heterocycles. The summed E-state index contributed by atoms with van der Waals surface area (Å²) in [7, 11) is -3.30. The van der Waals surface area contributed by atoms with E-state index in [2.05, 4.69) is 5.32 Å². The summed E-state index contributed by atoms with van der Waals surface area (Å²) >= 11 is 0. The van der Waals surface area contributed by atoms with E-state index in [9.17, 15) is 13.0 Å². The second-order valence-corrected chi connectivity index (χ2v) is 5.00. The van der Waals surface area contributed by atoms with Gasteiger partial charge in [0, 0.05) is 5.41 Å². The van der Waals surface area contributed by atoms with E-state index in [0.29, 0.717) is 0 Å². The summed E-state index contributed by atoms with van der Waals surface area (Å²) < 4.78 is 32.2. The topological polar surface area (TPSA) is 130 Å². The summed E-state index contributed by atoms with van der Waals surface area (Å²) in [6.45, 7) is -1.81. The van der Waals surface area contributed by atoms with Gasteiger partial charge in [0.15, 0.2) is 0 Å². The summed E-state index contributed by atoms with van der Waals surface area (Å²) in [5, 5.41) is 27.7. The third-order valence-corrected chi connectivity index (χ3v) is 3.39. The second kappa shape index (κ2) is 7.96. The molecule has 4 N–H and O–H groups in total. The van der Waals surface area contributed by atoms with E-state index in [1.54, 1.807) is 0 Å². The summed E-state index contributed by atoms with van der Waals surface area (Å²) in [5.41, 5.74) is -1.37. The summed E-state index contributed by atoms with van der Waals surface area (Å²) in [5.74, 6) is 0. The van der Waals surface area contributed by atoms with Crippen molar-refractivity contribution in [2.45, 2.75) is 11.8 Å². The summed E-state index contributed by atoms with van der Waals surface area (Å²) in [6, 6.07) is 0. The van der Waals surface area contributed by atoms with Crippen LogP contribution in [0.4, 0.5) is 0 Å². The molecule has 0 bridgehead atoms. The number of nitrogens with one attached hydrogen (secondary N) is 1. The van der Waals surface area contributed by atoms with Gasteiger partial charge in [-0.1, -0.05) is 0 Å². The Labute approximate surface area is 117 Å². The fraction of sp³-hybridized carbons (Fsp3) is 1.00. The first kappa shape index (κ1) is 19.1. The summed E-state index contributed by atoms with van der Waals surface area (Å²) in [6.07, 6.45) is -0.348. The predicted octanol–water partition coefficient (Wildman–Crippen LogP) is -5.57. The van der Waals surface area contributed by atoms with Crippen molar-refractivity contribution in [2.24, 2.45) is 5.41 Å². The fourth-order valence-corrected chi connectivity index (χ4v) is 1.93. The fourth-order valence-electron chi connectivity index (χ4n) is 1.09. The van der Waals surface area contributed by atoms with Gasteiger partial charge in [0.2, 0.25) is 0 Å². The molecule has 7 nitrogen and oxygen atoms in total. The van der Waals surface area contributed by atoms with Crippen LogP contribution in [0.1, 0.15) is 6.42 Å². The molecular formula is C7H16NNaO6S. The normalized spacial score (nSPS) is 14.3. The van der Waals surface area contributed by atoms with Crippen LogP contribution in [0, 0.1) is 5.41 Å². The SMILES string of the molecule is CNC(CC(CO)(CO)CO)S(=O)(=O)[O-].[Na+]. The number of rotatable bonds is 7. The van der Waals surface area contributed by atoms with Crippen molar-refractivity contribution in [2.75, 3.05) is 26.9 Å². The van der Waals surface area contributed by atoms with Gasteiger partial charge in [0.05, 0.1) is 25.2 Å². The van der Waals surface area contributed by atoms with Crippen molar-refractivity contribution < 1.29 is 57.8 Å². The maximum absolute atomic E-state index is 10.7. The molecule has 0 saturated carbocycles. The Bertz CT molecular complexity index is 270. The van der Waals surface area contributed by atoms with Crippen LogP contribution in [-0.4, -0.2) is 60.5 Å². The Morgan fingerprint density at radius 2 is 1.62 bits per heavy atom. The van der Waals surface area contributed by atoms with E-state index >= 15 is 0 Å². The van der Waals surface area contributed by atoms with Crippen molar-refractivity contribution in [3.63, 3.8) is 0 Å². The molecule has 0 radical (unpaired) electrons. The Morgan fingerprint density at radius 3 is 1.81 bits per heavy atom. The van der Waals surface area contributed by atoms with Crippen LogP contribution < -0.4 is 34.9 Å². The standard InChI is InChI=1S/C7H17NO6S.Na/c1-8-6(15(12,13)14)2-7(3-9,4-10)5-11;/h6,8-11H,2-5H2,1H3,(H,12,13,14);/q;+1/p-1. The molecule has 0 aliphatic carbocycles. The minimum atomic E-state index is -4.57. The molecule has 1 unspecified atom stereocenters. The third kappa shape index (κ3) is 5.39. The van der Waals surface area contributed by atoms with E-state index in [-0.39, 0.29) is 36.0 Å². The second-order valence-electron chi connectivity index (χ2n) is 3.45. The minimum Gasteiger partial charge on any atom is -0.747 e. The number of hydrogen-bond donors (Lipinski definition) is 4. The van der Waals surface area contributed by atoms with Crippen LogP contribution in [0.25, 0.3) is 0 Å². The smallest absolute Gasteiger partial charge is 0.747 e. The first-order chi connectivity index (χ1) is 6.85. The zero-order valence-corrected chi connectivity index (χ0v) is 12.2. The maximum atomic E-state index is 10.7. The number of hydrogen-bond acceptors (Lipinski definition) is 7. The van der Waals surface area contributed by atoms with Gasteiger partial charge in [0.1, 0.15) is 10.1 Å². The average molecular weight is 265 g/mol. The van der Waals surface area contributed by atoms with Crippen molar-refractivity contribution in [1.29, 1.82) is 0 Å². The van der Waals surface area contributed by atoms with Crippen LogP contribution in [-0.2, 0) is 10.1 Å². The van der Waals surface area contributed by atoms with Gasteiger partial charge in [-0.25, -0.2) is 8.42 Å². The number of aliphatic hydroxyl groups is 3. The zero-order chi connectivity index (χ0) is 12.1. The molecule has 0 saturated heterocycles. The van der Waals surface area contributed by atoms with Crippen LogP contribution in [0.15, 0.2) is 0 Å². The molecular weight excluding hydrogens is 249 g/mol. The molecule has 0 fully saturated rings. The minimum absolute atomic E-state index is 0. The van der Waals surface area contributed by atoms with Crippen LogP contribution in [0.3, 0.4) is 0 Å². The molecule has 0 aliphatic rings. The van der Waals surface area contributed by atoms with E-state index < -0.39 is 40.7 Å². The zero-order valence-electron chi connectivity index (χ0n) is 9.38. The number of aliphatic hydroxyl groups excluding tert-OH is 3. The molecule has 0 amide bonds. The van der Waals surface area contributed by atoms with Gasteiger partial charge in [-0.2, -0.15) is 0 Å². The average Bonchev–Trinajstić information content (AvgIpc) is 2.19. The molecule has 0 aromatic carbocycles. The molecule has 92 valence electrons. The van der Waals surface area contributed by atoms with Gasteiger partial charge in [0.25, 0.3) is 0 Å². The largest absolute Gasteiger partial charge is 1.00 e. The van der Waals surface area contributed by atoms with Crippen molar-refractivity contribution >= 4 is 10.1 Å². The molecule has 0 spiro atoms. The molecule has 0 aromatic heterocycles. The quantitative estimate of drug-likeness (QED) is 0.267. The summed E-state index contributed by atoms with van der Waals surface area (Å²) in [4.78, 5) is 0. The van der Waals surface area contributed by atoms with Crippen molar-refractivity contribution in [3.05, 3.63) is 0 Å². The van der Waals surface area contributed by atoms with Gasteiger partial charge in [-0.15, -0.1) is 0 Å². The van der Waals surface area contributed by atoms with Gasteiger partial charge < -0.3 is 25.2 Å². The van der Waals surface area contributed by atoms with E-state index in [4.69, 9.17) is 15.3 Å².